The van der Waals surface area contributed by atoms with Gasteiger partial charge in [-0.05, 0) is 25.7 Å². The van der Waals surface area contributed by atoms with Gasteiger partial charge in [-0.25, -0.2) is 0 Å². The Morgan fingerprint density at radius 2 is 0.938 bits per heavy atom. The van der Waals surface area contributed by atoms with E-state index in [-0.39, 0.29) is 18.9 Å². The fourth-order valence-corrected chi connectivity index (χ4v) is 6.50. The molecule has 0 rings (SSSR count). The van der Waals surface area contributed by atoms with E-state index >= 15 is 0 Å². The maximum atomic E-state index is 12.4. The van der Waals surface area contributed by atoms with Crippen molar-refractivity contribution in [3.8, 4) is 0 Å². The van der Waals surface area contributed by atoms with Gasteiger partial charge in [0.25, 0.3) is 0 Å². The lowest BCUT2D eigenvalue weighted by Crippen LogP contribution is -2.46. The Morgan fingerprint density at radius 1 is 0.542 bits per heavy atom. The van der Waals surface area contributed by atoms with Gasteiger partial charge in [0, 0.05) is 12.8 Å². The van der Waals surface area contributed by atoms with Crippen molar-refractivity contribution in [1.82, 2.24) is 5.32 Å². The smallest absolute Gasteiger partial charge is 0.220 e. The van der Waals surface area contributed by atoms with Crippen LogP contribution < -0.4 is 5.32 Å². The maximum absolute atomic E-state index is 12.4. The minimum Gasteiger partial charge on any atom is -0.394 e. The lowest BCUT2D eigenvalue weighted by atomic mass is 10.0. The molecule has 0 saturated carbocycles. The first-order valence-electron chi connectivity index (χ1n) is 21.1. The molecule has 0 spiro atoms. The van der Waals surface area contributed by atoms with Crippen molar-refractivity contribution in [2.45, 2.75) is 238 Å². The summed E-state index contributed by atoms with van der Waals surface area (Å²) in [5.41, 5.74) is 0. The molecule has 4 N–H and O–H groups in total. The van der Waals surface area contributed by atoms with Gasteiger partial charge in [0.1, 0.15) is 0 Å². The van der Waals surface area contributed by atoms with Crippen molar-refractivity contribution in [1.29, 1.82) is 0 Å². The number of carbonyl (C=O) groups excluding carboxylic acids is 1. The van der Waals surface area contributed by atoms with Crippen LogP contribution >= 0.6 is 0 Å². The van der Waals surface area contributed by atoms with Gasteiger partial charge in [-0.15, -0.1) is 0 Å². The van der Waals surface area contributed by atoms with Gasteiger partial charge in [0.2, 0.25) is 5.91 Å². The van der Waals surface area contributed by atoms with Crippen LogP contribution in [-0.2, 0) is 4.79 Å². The Morgan fingerprint density at radius 3 is 1.35 bits per heavy atom. The average molecular weight is 678 g/mol. The van der Waals surface area contributed by atoms with E-state index < -0.39 is 18.2 Å². The molecule has 0 aliphatic carbocycles. The second-order valence-corrected chi connectivity index (χ2v) is 14.6. The molecule has 0 heterocycles. The van der Waals surface area contributed by atoms with Crippen molar-refractivity contribution >= 4 is 5.91 Å². The quantitative estimate of drug-likeness (QED) is 0.0387. The Balaban J connectivity index is 3.71. The number of aliphatic hydroxyl groups is 3. The zero-order valence-corrected chi connectivity index (χ0v) is 32.1. The van der Waals surface area contributed by atoms with Gasteiger partial charge in [-0.3, -0.25) is 4.79 Å². The molecule has 5 nitrogen and oxygen atoms in total. The van der Waals surface area contributed by atoms with Gasteiger partial charge in [-0.2, -0.15) is 0 Å². The molecule has 0 aromatic carbocycles. The van der Waals surface area contributed by atoms with Gasteiger partial charge < -0.3 is 20.6 Å². The second kappa shape index (κ2) is 38.6. The summed E-state index contributed by atoms with van der Waals surface area (Å²) in [4.78, 5) is 12.4. The highest BCUT2D eigenvalue weighted by Gasteiger charge is 2.22. The van der Waals surface area contributed by atoms with E-state index in [0.29, 0.717) is 6.42 Å². The fraction of sp³-hybridized carbons (Fsp3) is 0.884. The van der Waals surface area contributed by atoms with Crippen LogP contribution in [0.5, 0.6) is 0 Å². The molecule has 0 aromatic rings. The highest BCUT2D eigenvalue weighted by Crippen LogP contribution is 2.15. The zero-order valence-electron chi connectivity index (χ0n) is 32.1. The molecular formula is C43H83NO4. The number of unbranched alkanes of at least 4 members (excludes halogenated alkanes) is 27. The van der Waals surface area contributed by atoms with E-state index in [1.807, 2.05) is 6.08 Å². The van der Waals surface area contributed by atoms with Gasteiger partial charge in [-0.1, -0.05) is 205 Å². The molecule has 0 aliphatic rings. The topological polar surface area (TPSA) is 89.8 Å². The Kier molecular flexibility index (Phi) is 37.7. The van der Waals surface area contributed by atoms with Crippen LogP contribution in [0, 0.1) is 0 Å². The van der Waals surface area contributed by atoms with Crippen molar-refractivity contribution < 1.29 is 20.1 Å². The van der Waals surface area contributed by atoms with E-state index in [9.17, 15) is 20.1 Å². The van der Waals surface area contributed by atoms with Crippen LogP contribution in [0.2, 0.25) is 0 Å². The summed E-state index contributed by atoms with van der Waals surface area (Å²) in [5, 5.41) is 33.3. The van der Waals surface area contributed by atoms with Crippen molar-refractivity contribution in [2.75, 3.05) is 6.61 Å². The van der Waals surface area contributed by atoms with Crippen molar-refractivity contribution in [3.05, 3.63) is 24.3 Å². The summed E-state index contributed by atoms with van der Waals surface area (Å²) in [6, 6.07) is -0.752. The Hall–Kier alpha value is -1.17. The van der Waals surface area contributed by atoms with Crippen LogP contribution in [0.1, 0.15) is 219 Å². The predicted molar refractivity (Wildman–Crippen MR) is 208 cm³/mol. The van der Waals surface area contributed by atoms with Crippen molar-refractivity contribution in [2.24, 2.45) is 0 Å². The number of nitrogens with one attached hydrogen (secondary N) is 1. The van der Waals surface area contributed by atoms with Crippen LogP contribution in [-0.4, -0.2) is 46.1 Å². The fourth-order valence-electron chi connectivity index (χ4n) is 6.50. The summed E-state index contributed by atoms with van der Waals surface area (Å²) in [5.74, 6) is -0.138. The maximum Gasteiger partial charge on any atom is 0.220 e. The summed E-state index contributed by atoms with van der Waals surface area (Å²) in [6.45, 7) is 4.20. The van der Waals surface area contributed by atoms with E-state index in [1.165, 1.54) is 161 Å². The number of carbonyl (C=O) groups is 1. The lowest BCUT2D eigenvalue weighted by molar-refractivity contribution is -0.123. The van der Waals surface area contributed by atoms with E-state index in [1.54, 1.807) is 6.08 Å². The number of amides is 1. The predicted octanol–water partition coefficient (Wildman–Crippen LogP) is 11.8. The average Bonchev–Trinajstić information content (AvgIpc) is 3.08. The van der Waals surface area contributed by atoms with Crippen LogP contribution in [0.25, 0.3) is 0 Å². The second-order valence-electron chi connectivity index (χ2n) is 14.6. The number of allylic oxidation sites excluding steroid dienone is 3. The highest BCUT2D eigenvalue weighted by atomic mass is 16.3. The summed E-state index contributed by atoms with van der Waals surface area (Å²) in [7, 11) is 0. The molecule has 0 bridgehead atoms. The number of aliphatic hydroxyl groups excluding tert-OH is 3. The van der Waals surface area contributed by atoms with Gasteiger partial charge in [0.15, 0.2) is 0 Å². The van der Waals surface area contributed by atoms with E-state index in [0.717, 1.165) is 32.1 Å². The molecule has 3 unspecified atom stereocenters. The number of rotatable bonds is 38. The molecule has 0 aliphatic heterocycles. The summed E-state index contributed by atoms with van der Waals surface area (Å²) >= 11 is 0. The zero-order chi connectivity index (χ0) is 35.2. The van der Waals surface area contributed by atoms with Crippen LogP contribution in [0.3, 0.4) is 0 Å². The molecule has 5 heteroatoms. The third kappa shape index (κ3) is 34.7. The van der Waals surface area contributed by atoms with Crippen LogP contribution in [0.15, 0.2) is 24.3 Å². The molecule has 3 atom stereocenters. The van der Waals surface area contributed by atoms with E-state index in [4.69, 9.17) is 0 Å². The number of hydrogen-bond donors (Lipinski definition) is 4. The first kappa shape index (κ1) is 46.8. The minimum absolute atomic E-state index is 0.0869. The number of hydrogen-bond acceptors (Lipinski definition) is 4. The molecule has 1 amide bonds. The molecule has 0 fully saturated rings. The molecular weight excluding hydrogens is 594 g/mol. The molecule has 48 heavy (non-hydrogen) atoms. The molecule has 0 saturated heterocycles. The van der Waals surface area contributed by atoms with E-state index in [2.05, 4.69) is 31.3 Å². The van der Waals surface area contributed by atoms with Gasteiger partial charge >= 0.3 is 0 Å². The SMILES string of the molecule is CCCCCCCCCCCCCCCCC/C=C/C/C=C/C(O)CC(O)C(CO)NC(=O)CCCCCCCCCCCCCCC. The molecule has 0 aromatic heterocycles. The first-order chi connectivity index (χ1) is 23.5. The standard InChI is InChI=1S/C43H83NO4/c1-3-5-7-9-11-13-15-17-18-19-20-21-22-23-25-26-28-30-32-34-36-40(46)38-42(47)41(39-45)44-43(48)37-35-33-31-29-27-24-16-14-12-10-8-6-4-2/h28,30,34,36,40-42,45-47H,3-27,29,31-33,35,37-39H2,1-2H3,(H,44,48)/b30-28+,36-34+. The summed E-state index contributed by atoms with van der Waals surface area (Å²) in [6.07, 6.45) is 45.7. The Labute approximate surface area is 299 Å². The molecule has 284 valence electrons. The third-order valence-electron chi connectivity index (χ3n) is 9.77. The van der Waals surface area contributed by atoms with Crippen LogP contribution in [0.4, 0.5) is 0 Å². The Bertz CT molecular complexity index is 709. The largest absolute Gasteiger partial charge is 0.394 e. The van der Waals surface area contributed by atoms with Crippen molar-refractivity contribution in [3.63, 3.8) is 0 Å². The highest BCUT2D eigenvalue weighted by molar-refractivity contribution is 5.76. The minimum atomic E-state index is -0.995. The molecule has 0 radical (unpaired) electrons. The lowest BCUT2D eigenvalue weighted by Gasteiger charge is -2.23. The van der Waals surface area contributed by atoms with Gasteiger partial charge in [0.05, 0.1) is 24.9 Å². The first-order valence-corrected chi connectivity index (χ1v) is 21.1. The normalized spacial score (nSPS) is 13.9. The third-order valence-corrected chi connectivity index (χ3v) is 9.77. The monoisotopic (exact) mass is 678 g/mol. The summed E-state index contributed by atoms with van der Waals surface area (Å²) < 4.78 is 0.